The maximum atomic E-state index is 12.4. The van der Waals surface area contributed by atoms with Crippen LogP contribution in [0.15, 0.2) is 47.5 Å². The van der Waals surface area contributed by atoms with E-state index in [1.165, 1.54) is 6.07 Å². The number of fused-ring (bicyclic) bond motifs is 3. The number of rotatable bonds is 0. The van der Waals surface area contributed by atoms with Gasteiger partial charge in [-0.25, -0.2) is 4.79 Å². The lowest BCUT2D eigenvalue weighted by atomic mass is 9.84. The summed E-state index contributed by atoms with van der Waals surface area (Å²) in [7, 11) is 0. The van der Waals surface area contributed by atoms with Crippen molar-refractivity contribution in [2.45, 2.75) is 31.5 Å². The maximum Gasteiger partial charge on any atom is 0.339 e. The van der Waals surface area contributed by atoms with Gasteiger partial charge in [-0.05, 0) is 23.3 Å². The Bertz CT molecular complexity index is 1040. The minimum absolute atomic E-state index is 0.0475. The monoisotopic (exact) mass is 392 g/mol. The summed E-state index contributed by atoms with van der Waals surface area (Å²) in [5, 5.41) is 9.68. The van der Waals surface area contributed by atoms with Crippen molar-refractivity contribution >= 4 is 17.9 Å². The summed E-state index contributed by atoms with van der Waals surface area (Å²) in [5.41, 5.74) is 2.46. The first-order chi connectivity index (χ1) is 14.0. The third kappa shape index (κ3) is 3.03. The van der Waals surface area contributed by atoms with Gasteiger partial charge < -0.3 is 19.5 Å². The number of piperidine rings is 1. The lowest BCUT2D eigenvalue weighted by Crippen LogP contribution is -2.46. The number of aliphatic imine (C=N–C) groups is 1. The molecule has 3 aliphatic rings. The predicted octanol–water partition coefficient (Wildman–Crippen LogP) is 2.51. The number of hydrogen-bond donors (Lipinski definition) is 1. The summed E-state index contributed by atoms with van der Waals surface area (Å²) in [6.07, 6.45) is 1.38. The number of aromatic hydroxyl groups is 1. The fourth-order valence-electron chi connectivity index (χ4n) is 4.33. The molecule has 148 valence electrons. The Morgan fingerprint density at radius 2 is 1.79 bits per heavy atom. The van der Waals surface area contributed by atoms with Crippen molar-refractivity contribution in [1.29, 1.82) is 0 Å². The van der Waals surface area contributed by atoms with E-state index in [0.717, 1.165) is 16.7 Å². The molecule has 0 aliphatic carbocycles. The predicted molar refractivity (Wildman–Crippen MR) is 103 cm³/mol. The number of carbonyl (C=O) groups is 2. The van der Waals surface area contributed by atoms with Gasteiger partial charge in [0.2, 0.25) is 0 Å². The fraction of sp³-hybridized carbons (Fsp3) is 0.318. The summed E-state index contributed by atoms with van der Waals surface area (Å²) in [6.45, 7) is 1.45. The molecular weight excluding hydrogens is 372 g/mol. The number of carbonyl (C=O) groups excluding carboxylic acids is 2. The lowest BCUT2D eigenvalue weighted by molar-refractivity contribution is -0.117. The molecule has 1 saturated heterocycles. The first-order valence-corrected chi connectivity index (χ1v) is 9.67. The molecule has 29 heavy (non-hydrogen) atoms. The zero-order chi connectivity index (χ0) is 20.0. The molecule has 0 radical (unpaired) electrons. The van der Waals surface area contributed by atoms with Crippen molar-refractivity contribution in [2.75, 3.05) is 13.1 Å². The Morgan fingerprint density at radius 3 is 2.59 bits per heavy atom. The zero-order valence-corrected chi connectivity index (χ0v) is 15.8. The number of benzene rings is 2. The Morgan fingerprint density at radius 1 is 1.03 bits per heavy atom. The second-order valence-corrected chi connectivity index (χ2v) is 7.62. The number of esters is 1. The number of nitrogens with zero attached hydrogens (tertiary/aromatic N) is 2. The van der Waals surface area contributed by atoms with Crippen molar-refractivity contribution in [3.05, 3.63) is 64.7 Å². The molecule has 1 spiro atoms. The van der Waals surface area contributed by atoms with Crippen LogP contribution in [-0.4, -0.2) is 41.0 Å². The Balaban J connectivity index is 1.35. The van der Waals surface area contributed by atoms with Gasteiger partial charge in [0.15, 0.2) is 0 Å². The van der Waals surface area contributed by atoms with E-state index in [-0.39, 0.29) is 18.1 Å². The number of hydrogen-bond acceptors (Lipinski definition) is 6. The highest BCUT2D eigenvalue weighted by Crippen LogP contribution is 2.45. The van der Waals surface area contributed by atoms with Crippen molar-refractivity contribution in [3.8, 4) is 5.75 Å². The molecule has 7 nitrogen and oxygen atoms in total. The minimum atomic E-state index is -0.699. The second kappa shape index (κ2) is 6.62. The molecule has 2 aromatic rings. The molecule has 7 heteroatoms. The Hall–Kier alpha value is -3.35. The summed E-state index contributed by atoms with van der Waals surface area (Å²) >= 11 is 0. The topological polar surface area (TPSA) is 88.4 Å². The zero-order valence-electron chi connectivity index (χ0n) is 15.8. The van der Waals surface area contributed by atoms with E-state index in [4.69, 9.17) is 9.47 Å². The van der Waals surface area contributed by atoms with E-state index in [1.54, 1.807) is 12.1 Å². The third-order valence-corrected chi connectivity index (χ3v) is 5.88. The van der Waals surface area contributed by atoms with E-state index in [9.17, 15) is 14.7 Å². The molecule has 3 aliphatic heterocycles. The Labute approximate surface area is 167 Å². The van der Waals surface area contributed by atoms with Gasteiger partial charge in [0.25, 0.3) is 11.9 Å². The molecule has 0 atom stereocenters. The number of likely N-dealkylation sites (tertiary alicyclic amines) is 1. The second-order valence-electron chi connectivity index (χ2n) is 7.62. The lowest BCUT2D eigenvalue weighted by Gasteiger charge is -2.39. The Kier molecular flexibility index (Phi) is 4.04. The quantitative estimate of drug-likeness (QED) is 0.693. The highest BCUT2D eigenvalue weighted by molar-refractivity contribution is 5.95. The fourth-order valence-corrected chi connectivity index (χ4v) is 4.33. The number of ether oxygens (including phenoxy) is 2. The van der Waals surface area contributed by atoms with Crippen molar-refractivity contribution in [3.63, 3.8) is 0 Å². The van der Waals surface area contributed by atoms with Gasteiger partial charge in [0.1, 0.15) is 18.0 Å². The van der Waals surface area contributed by atoms with Gasteiger partial charge >= 0.3 is 5.97 Å². The first kappa shape index (κ1) is 17.7. The van der Waals surface area contributed by atoms with Crippen LogP contribution in [0.1, 0.15) is 39.9 Å². The molecule has 1 N–H and O–H groups in total. The largest absolute Gasteiger partial charge is 0.508 e. The minimum Gasteiger partial charge on any atom is -0.508 e. The van der Waals surface area contributed by atoms with Gasteiger partial charge in [0.05, 0.1) is 12.0 Å². The number of amidine groups is 1. The molecule has 0 unspecified atom stereocenters. The van der Waals surface area contributed by atoms with Crippen molar-refractivity contribution < 1.29 is 24.2 Å². The van der Waals surface area contributed by atoms with Gasteiger partial charge in [-0.1, -0.05) is 30.3 Å². The molecule has 5 rings (SSSR count). The van der Waals surface area contributed by atoms with Gasteiger partial charge in [-0.3, -0.25) is 4.79 Å². The number of phenolic OH excluding ortho intramolecular Hbond substituents is 1. The molecule has 3 heterocycles. The van der Waals surface area contributed by atoms with Crippen LogP contribution >= 0.6 is 0 Å². The average molecular weight is 392 g/mol. The number of amides is 1. The summed E-state index contributed by atoms with van der Waals surface area (Å²) in [6, 6.07) is 12.8. The van der Waals surface area contributed by atoms with Crippen LogP contribution in [0.25, 0.3) is 0 Å². The summed E-state index contributed by atoms with van der Waals surface area (Å²) in [4.78, 5) is 30.7. The van der Waals surface area contributed by atoms with Crippen LogP contribution < -0.4 is 0 Å². The molecule has 2 aromatic carbocycles. The standard InChI is InChI=1S/C22H20N2O5/c25-16-5-6-18-17(12-16)20(27)29-22(18)7-9-24(10-8-22)21-23-19(26)11-14-3-1-2-4-15(14)13-28-21/h1-6,12,25H,7-11,13H2. The summed E-state index contributed by atoms with van der Waals surface area (Å²) in [5.74, 6) is -0.595. The smallest absolute Gasteiger partial charge is 0.339 e. The average Bonchev–Trinajstić information content (AvgIpc) is 2.96. The highest BCUT2D eigenvalue weighted by atomic mass is 16.6. The van der Waals surface area contributed by atoms with Crippen LogP contribution in [0.3, 0.4) is 0 Å². The van der Waals surface area contributed by atoms with E-state index in [0.29, 0.717) is 44.1 Å². The van der Waals surface area contributed by atoms with E-state index in [1.807, 2.05) is 29.2 Å². The normalized spacial score (nSPS) is 20.1. The molecule has 1 fully saturated rings. The van der Waals surface area contributed by atoms with Crippen LogP contribution in [0.4, 0.5) is 0 Å². The van der Waals surface area contributed by atoms with E-state index < -0.39 is 11.6 Å². The molecular formula is C22H20N2O5. The van der Waals surface area contributed by atoms with Crippen LogP contribution in [0.2, 0.25) is 0 Å². The molecule has 0 aromatic heterocycles. The highest BCUT2D eigenvalue weighted by Gasteiger charge is 2.48. The van der Waals surface area contributed by atoms with Gasteiger partial charge in [-0.15, -0.1) is 0 Å². The van der Waals surface area contributed by atoms with E-state index >= 15 is 0 Å². The van der Waals surface area contributed by atoms with Gasteiger partial charge in [-0.2, -0.15) is 4.99 Å². The molecule has 1 amide bonds. The van der Waals surface area contributed by atoms with Crippen LogP contribution in [0, 0.1) is 0 Å². The first-order valence-electron chi connectivity index (χ1n) is 9.67. The molecule has 0 bridgehead atoms. The van der Waals surface area contributed by atoms with Crippen molar-refractivity contribution in [2.24, 2.45) is 4.99 Å². The van der Waals surface area contributed by atoms with Crippen molar-refractivity contribution in [1.82, 2.24) is 4.90 Å². The third-order valence-electron chi connectivity index (χ3n) is 5.88. The summed E-state index contributed by atoms with van der Waals surface area (Å²) < 4.78 is 11.6. The SMILES string of the molecule is O=C1Cc2ccccc2COC(N2CCC3(CC2)OC(=O)c2cc(O)ccc23)=N1. The van der Waals surface area contributed by atoms with Gasteiger partial charge in [0, 0.05) is 31.5 Å². The van der Waals surface area contributed by atoms with E-state index in [2.05, 4.69) is 4.99 Å². The molecule has 0 saturated carbocycles. The maximum absolute atomic E-state index is 12.4. The van der Waals surface area contributed by atoms with Crippen LogP contribution in [-0.2, 0) is 32.9 Å². The van der Waals surface area contributed by atoms with Crippen LogP contribution in [0.5, 0.6) is 5.75 Å². The number of phenols is 1.